The highest BCUT2D eigenvalue weighted by atomic mass is 32.2. The summed E-state index contributed by atoms with van der Waals surface area (Å²) in [7, 11) is 0. The first-order valence-corrected chi connectivity index (χ1v) is 7.07. The minimum atomic E-state index is -0.448. The lowest BCUT2D eigenvalue weighted by Gasteiger charge is -2.05. The van der Waals surface area contributed by atoms with Crippen LogP contribution in [0.15, 0.2) is 29.2 Å². The molecule has 0 radical (unpaired) electrons. The second-order valence-corrected chi connectivity index (χ2v) is 5.35. The van der Waals surface area contributed by atoms with Crippen LogP contribution >= 0.6 is 11.8 Å². The summed E-state index contributed by atoms with van der Waals surface area (Å²) in [5, 5.41) is 12.9. The van der Waals surface area contributed by atoms with Crippen molar-refractivity contribution in [3.63, 3.8) is 0 Å². The predicted octanol–water partition coefficient (Wildman–Crippen LogP) is 0.498. The molecule has 0 amide bonds. The van der Waals surface area contributed by atoms with Gasteiger partial charge in [-0.15, -0.1) is 9.78 Å². The molecule has 19 heavy (non-hydrogen) atoms. The van der Waals surface area contributed by atoms with E-state index in [4.69, 9.17) is 5.11 Å². The highest BCUT2D eigenvalue weighted by molar-refractivity contribution is 7.99. The van der Waals surface area contributed by atoms with E-state index >= 15 is 0 Å². The monoisotopic (exact) mass is 281 g/mol. The van der Waals surface area contributed by atoms with Crippen LogP contribution in [0.5, 0.6) is 0 Å². The van der Waals surface area contributed by atoms with Gasteiger partial charge in [-0.05, 0) is 23.8 Å². The van der Waals surface area contributed by atoms with Crippen LogP contribution in [0, 0.1) is 5.92 Å². The second kappa shape index (κ2) is 6.03. The molecule has 102 valence electrons. The van der Waals surface area contributed by atoms with Gasteiger partial charge in [-0.25, -0.2) is 9.20 Å². The molecule has 1 N–H and O–H groups in total. The van der Waals surface area contributed by atoms with Crippen molar-refractivity contribution in [2.24, 2.45) is 5.92 Å². The zero-order valence-corrected chi connectivity index (χ0v) is 11.3. The van der Waals surface area contributed by atoms with Gasteiger partial charge in [-0.2, -0.15) is 11.8 Å². The van der Waals surface area contributed by atoms with Crippen molar-refractivity contribution in [1.29, 1.82) is 0 Å². The van der Waals surface area contributed by atoms with E-state index in [-0.39, 0.29) is 24.2 Å². The number of aliphatic hydroxyl groups excluding tert-OH is 1. The molecule has 1 atom stereocenters. The quantitative estimate of drug-likeness (QED) is 0.863. The molecule has 7 heteroatoms. The summed E-state index contributed by atoms with van der Waals surface area (Å²) in [6.45, 7) is 1.99. The number of rotatable bonds is 5. The Morgan fingerprint density at radius 1 is 1.53 bits per heavy atom. The number of hydrogen-bond acceptors (Lipinski definition) is 5. The number of aliphatic hydroxyl groups is 1. The number of carbonyl (C=O) groups is 1. The Kier molecular flexibility index (Phi) is 4.39. The maximum Gasteiger partial charge on any atom is 0.357 e. The van der Waals surface area contributed by atoms with E-state index in [1.165, 1.54) is 16.2 Å². The summed E-state index contributed by atoms with van der Waals surface area (Å²) in [6.07, 6.45) is 1.58. The van der Waals surface area contributed by atoms with Crippen LogP contribution in [0.25, 0.3) is 5.65 Å². The Balaban J connectivity index is 2.09. The minimum Gasteiger partial charge on any atom is -0.396 e. The molecule has 0 bridgehead atoms. The highest BCUT2D eigenvalue weighted by Crippen LogP contribution is 2.08. The molecule has 2 heterocycles. The molecule has 2 aromatic heterocycles. The fourth-order valence-electron chi connectivity index (χ4n) is 1.55. The number of nitrogens with zero attached hydrogens (tertiary/aromatic N) is 3. The van der Waals surface area contributed by atoms with Crippen LogP contribution in [0.4, 0.5) is 0 Å². The van der Waals surface area contributed by atoms with Crippen LogP contribution < -0.4 is 5.69 Å². The molecule has 0 saturated carbocycles. The molecule has 1 unspecified atom stereocenters. The van der Waals surface area contributed by atoms with Gasteiger partial charge in [0.2, 0.25) is 0 Å². The van der Waals surface area contributed by atoms with Crippen LogP contribution in [-0.4, -0.2) is 43.3 Å². The van der Waals surface area contributed by atoms with Gasteiger partial charge in [0.1, 0.15) is 0 Å². The first-order chi connectivity index (χ1) is 9.13. The van der Waals surface area contributed by atoms with E-state index in [2.05, 4.69) is 5.10 Å². The Hall–Kier alpha value is -1.60. The third-order valence-electron chi connectivity index (χ3n) is 2.60. The minimum absolute atomic E-state index is 0.0928. The predicted molar refractivity (Wildman–Crippen MR) is 73.7 cm³/mol. The molecule has 2 aromatic rings. The van der Waals surface area contributed by atoms with Crippen LogP contribution in [0.2, 0.25) is 0 Å². The fourth-order valence-corrected chi connectivity index (χ4v) is 2.47. The summed E-state index contributed by atoms with van der Waals surface area (Å²) >= 11 is 1.39. The molecular formula is C12H15N3O3S. The topological polar surface area (TPSA) is 76.6 Å². The van der Waals surface area contributed by atoms with Gasteiger partial charge in [0.05, 0.1) is 5.75 Å². The molecule has 6 nitrogen and oxygen atoms in total. The molecule has 0 aliphatic heterocycles. The Bertz CT molecular complexity index is 634. The van der Waals surface area contributed by atoms with Crippen molar-refractivity contribution in [3.05, 3.63) is 34.9 Å². The van der Waals surface area contributed by atoms with E-state index in [0.29, 0.717) is 11.4 Å². The first-order valence-electron chi connectivity index (χ1n) is 5.91. The van der Waals surface area contributed by atoms with E-state index in [0.717, 1.165) is 4.68 Å². The van der Waals surface area contributed by atoms with Gasteiger partial charge >= 0.3 is 5.69 Å². The van der Waals surface area contributed by atoms with Crippen molar-refractivity contribution < 1.29 is 9.90 Å². The summed E-state index contributed by atoms with van der Waals surface area (Å²) in [5.74, 6) is 0.637. The average molecular weight is 281 g/mol. The van der Waals surface area contributed by atoms with Crippen molar-refractivity contribution in [2.75, 3.05) is 18.1 Å². The normalized spacial score (nSPS) is 12.7. The highest BCUT2D eigenvalue weighted by Gasteiger charge is 2.13. The van der Waals surface area contributed by atoms with Crippen LogP contribution in [0.3, 0.4) is 0 Å². The van der Waals surface area contributed by atoms with E-state index < -0.39 is 5.69 Å². The summed E-state index contributed by atoms with van der Waals surface area (Å²) in [6, 6.07) is 5.14. The van der Waals surface area contributed by atoms with E-state index in [9.17, 15) is 9.59 Å². The van der Waals surface area contributed by atoms with Crippen molar-refractivity contribution in [3.8, 4) is 0 Å². The number of hydrogen-bond donors (Lipinski definition) is 1. The smallest absolute Gasteiger partial charge is 0.357 e. The molecule has 0 saturated heterocycles. The Morgan fingerprint density at radius 3 is 3.00 bits per heavy atom. The SMILES string of the molecule is CC(CO)CSCC(=O)n1nc2ccccn2c1=O. The number of fused-ring (bicyclic) bond motifs is 1. The lowest BCUT2D eigenvalue weighted by atomic mass is 10.2. The largest absolute Gasteiger partial charge is 0.396 e. The van der Waals surface area contributed by atoms with Crippen LogP contribution in [-0.2, 0) is 0 Å². The molecule has 0 aromatic carbocycles. The maximum absolute atomic E-state index is 11.9. The fraction of sp³-hybridized carbons (Fsp3) is 0.417. The van der Waals surface area contributed by atoms with E-state index in [1.54, 1.807) is 24.4 Å². The van der Waals surface area contributed by atoms with Gasteiger partial charge in [0.25, 0.3) is 5.91 Å². The molecule has 2 rings (SSSR count). The van der Waals surface area contributed by atoms with Crippen molar-refractivity contribution in [1.82, 2.24) is 14.2 Å². The Morgan fingerprint density at radius 2 is 2.32 bits per heavy atom. The summed E-state index contributed by atoms with van der Waals surface area (Å²) < 4.78 is 2.23. The van der Waals surface area contributed by atoms with Gasteiger partial charge in [0.15, 0.2) is 5.65 Å². The van der Waals surface area contributed by atoms with Crippen molar-refractivity contribution in [2.45, 2.75) is 6.92 Å². The molecule has 0 aliphatic carbocycles. The third-order valence-corrected chi connectivity index (χ3v) is 3.86. The number of aromatic nitrogens is 3. The van der Waals surface area contributed by atoms with Gasteiger partial charge in [0, 0.05) is 12.8 Å². The zero-order chi connectivity index (χ0) is 13.8. The lowest BCUT2D eigenvalue weighted by Crippen LogP contribution is -2.29. The van der Waals surface area contributed by atoms with Gasteiger partial charge < -0.3 is 5.11 Å². The second-order valence-electron chi connectivity index (χ2n) is 4.32. The van der Waals surface area contributed by atoms with Crippen LogP contribution in [0.1, 0.15) is 11.7 Å². The number of pyridine rings is 1. The maximum atomic E-state index is 11.9. The summed E-state index contributed by atoms with van der Waals surface area (Å²) in [4.78, 5) is 23.8. The molecular weight excluding hydrogens is 266 g/mol. The molecule has 0 spiro atoms. The number of thioether (sulfide) groups is 1. The average Bonchev–Trinajstić information content (AvgIpc) is 2.76. The molecule has 0 aliphatic rings. The molecule has 0 fully saturated rings. The number of carbonyl (C=O) groups excluding carboxylic acids is 1. The summed E-state index contributed by atoms with van der Waals surface area (Å²) in [5.41, 5.74) is 0.00554. The standard InChI is InChI=1S/C12H15N3O3S/c1-9(6-16)7-19-8-11(17)15-12(18)14-5-3-2-4-10(14)13-15/h2-5,9,16H,6-8H2,1H3. The van der Waals surface area contributed by atoms with Crippen molar-refractivity contribution >= 4 is 23.3 Å². The zero-order valence-electron chi connectivity index (χ0n) is 10.5. The third kappa shape index (κ3) is 3.05. The lowest BCUT2D eigenvalue weighted by molar-refractivity contribution is 0.0922. The van der Waals surface area contributed by atoms with Gasteiger partial charge in [-0.3, -0.25) is 4.79 Å². The first kappa shape index (κ1) is 13.8. The van der Waals surface area contributed by atoms with Gasteiger partial charge in [-0.1, -0.05) is 13.0 Å². The van der Waals surface area contributed by atoms with E-state index in [1.807, 2.05) is 6.92 Å². The Labute approximate surface area is 114 Å².